The van der Waals surface area contributed by atoms with Crippen molar-refractivity contribution in [2.24, 2.45) is 0 Å². The third-order valence-electron chi connectivity index (χ3n) is 10.9. The van der Waals surface area contributed by atoms with Crippen LogP contribution in [0.4, 0.5) is 24.9 Å². The number of aromatic nitrogens is 6. The highest BCUT2D eigenvalue weighted by molar-refractivity contribution is 5.97. The van der Waals surface area contributed by atoms with Crippen molar-refractivity contribution in [1.82, 2.24) is 40.1 Å². The summed E-state index contributed by atoms with van der Waals surface area (Å²) in [6.07, 6.45) is -3.69. The van der Waals surface area contributed by atoms with Crippen LogP contribution in [0.5, 0.6) is 0 Å². The summed E-state index contributed by atoms with van der Waals surface area (Å²) in [5.74, 6) is -2.73. The average molecular weight is 823 g/mol. The van der Waals surface area contributed by atoms with Crippen LogP contribution in [0.15, 0.2) is 97.6 Å². The van der Waals surface area contributed by atoms with Crippen molar-refractivity contribution in [2.75, 3.05) is 29.9 Å². The minimum Gasteiger partial charge on any atom is -0.451 e. The molecule has 1 saturated carbocycles. The molecule has 1 aliphatic carbocycles. The number of fused-ring (bicyclic) bond motifs is 2. The number of aliphatic hydroxyl groups is 1. The SMILES string of the molecule is CCC(=O)N[C@H]1C[C@@H](n2cnc3c(NCC(c4ccccc4)c4ccccc4)nc(N4CC[C@@H](NC(=O)c5ccc6nccnc6c5)C4)nc32)[C@H](O)[C@@H]1OC(=O)C(F)(F)F. The van der Waals surface area contributed by atoms with E-state index in [1.54, 1.807) is 37.5 Å². The molecular formula is C42H41F3N10O5. The van der Waals surface area contributed by atoms with E-state index in [1.807, 2.05) is 65.6 Å². The molecule has 0 bridgehead atoms. The molecule has 310 valence electrons. The molecule has 5 atom stereocenters. The van der Waals surface area contributed by atoms with Crippen LogP contribution in [-0.2, 0) is 14.3 Å². The fourth-order valence-electron chi connectivity index (χ4n) is 7.90. The topological polar surface area (TPSA) is 189 Å². The number of hydrogen-bond acceptors (Lipinski definition) is 12. The van der Waals surface area contributed by atoms with Crippen molar-refractivity contribution >= 4 is 51.7 Å². The quantitative estimate of drug-likeness (QED) is 0.125. The van der Waals surface area contributed by atoms with Crippen LogP contribution in [0.2, 0.25) is 0 Å². The molecule has 4 heterocycles. The van der Waals surface area contributed by atoms with Crippen LogP contribution in [0.1, 0.15) is 59.6 Å². The smallest absolute Gasteiger partial charge is 0.451 e. The van der Waals surface area contributed by atoms with Crippen molar-refractivity contribution in [2.45, 2.75) is 68.6 Å². The molecule has 0 spiro atoms. The van der Waals surface area contributed by atoms with Crippen LogP contribution < -0.4 is 20.9 Å². The Morgan fingerprint density at radius 3 is 2.30 bits per heavy atom. The van der Waals surface area contributed by atoms with E-state index in [-0.39, 0.29) is 42.3 Å². The van der Waals surface area contributed by atoms with E-state index in [9.17, 15) is 32.7 Å². The lowest BCUT2D eigenvalue weighted by Crippen LogP contribution is -2.47. The summed E-state index contributed by atoms with van der Waals surface area (Å²) in [5, 5.41) is 20.7. The van der Waals surface area contributed by atoms with Gasteiger partial charge in [0.1, 0.15) is 6.10 Å². The number of halogens is 3. The van der Waals surface area contributed by atoms with Gasteiger partial charge in [0.05, 0.1) is 29.4 Å². The maximum atomic E-state index is 13.4. The first-order valence-electron chi connectivity index (χ1n) is 19.6. The molecule has 2 amide bonds. The summed E-state index contributed by atoms with van der Waals surface area (Å²) in [5.41, 5.74) is 4.36. The molecule has 2 fully saturated rings. The van der Waals surface area contributed by atoms with Crippen LogP contribution in [0, 0.1) is 0 Å². The van der Waals surface area contributed by atoms with Crippen LogP contribution in [-0.4, -0.2) is 102 Å². The molecule has 1 saturated heterocycles. The predicted molar refractivity (Wildman–Crippen MR) is 214 cm³/mol. The van der Waals surface area contributed by atoms with Crippen molar-refractivity contribution in [1.29, 1.82) is 0 Å². The predicted octanol–water partition coefficient (Wildman–Crippen LogP) is 4.70. The number of rotatable bonds is 12. The Kier molecular flexibility index (Phi) is 11.3. The van der Waals surface area contributed by atoms with Gasteiger partial charge in [0.25, 0.3) is 5.91 Å². The standard InChI is InChI=1S/C42H41F3N10O5/c1-2-33(56)51-31-20-32(35(57)36(31)60-40(59)42(43,44)45)55-23-49-34-37(48-21-28(24-9-5-3-6-10-24)25-11-7-4-8-12-25)52-41(53-38(34)55)54-18-15-27(22-54)50-39(58)26-13-14-29-30(19-26)47-17-16-46-29/h3-14,16-17,19,23,27-28,31-32,35-36,57H,2,15,18,20-22H2,1H3,(H,50,58)(H,51,56)(H,48,52,53)/t27-,31+,32-,35+,36-/m1/s1. The molecule has 3 aromatic heterocycles. The number of esters is 1. The van der Waals surface area contributed by atoms with E-state index < -0.39 is 42.3 Å². The largest absolute Gasteiger partial charge is 0.490 e. The second kappa shape index (κ2) is 16.9. The molecule has 60 heavy (non-hydrogen) atoms. The summed E-state index contributed by atoms with van der Waals surface area (Å²) < 4.78 is 46.4. The van der Waals surface area contributed by atoms with Crippen LogP contribution in [0.3, 0.4) is 0 Å². The average Bonchev–Trinajstić information content (AvgIpc) is 3.98. The maximum Gasteiger partial charge on any atom is 0.490 e. The summed E-state index contributed by atoms with van der Waals surface area (Å²) in [4.78, 5) is 62.8. The molecule has 8 rings (SSSR count). The lowest BCUT2D eigenvalue weighted by Gasteiger charge is -2.24. The highest BCUT2D eigenvalue weighted by Crippen LogP contribution is 2.38. The molecule has 3 aromatic carbocycles. The molecule has 2 aliphatic rings. The first kappa shape index (κ1) is 40.1. The number of benzene rings is 3. The molecule has 0 unspecified atom stereocenters. The fraction of sp³-hybridized carbons (Fsp3) is 0.333. The fourth-order valence-corrected chi connectivity index (χ4v) is 7.90. The molecule has 0 radical (unpaired) electrons. The second-order valence-electron chi connectivity index (χ2n) is 14.8. The number of carbonyl (C=O) groups is 3. The number of hydrogen-bond donors (Lipinski definition) is 4. The molecule has 6 aromatic rings. The van der Waals surface area contributed by atoms with Gasteiger partial charge in [0.2, 0.25) is 11.9 Å². The van der Waals surface area contributed by atoms with Crippen molar-refractivity contribution in [3.8, 4) is 0 Å². The van der Waals surface area contributed by atoms with Crippen LogP contribution >= 0.6 is 0 Å². The number of amides is 2. The highest BCUT2D eigenvalue weighted by Gasteiger charge is 2.51. The van der Waals surface area contributed by atoms with E-state index in [2.05, 4.69) is 30.9 Å². The number of carbonyl (C=O) groups excluding carboxylic acids is 3. The summed E-state index contributed by atoms with van der Waals surface area (Å²) in [6.45, 7) is 2.77. The Balaban J connectivity index is 1.12. The highest BCUT2D eigenvalue weighted by atomic mass is 19.4. The molecule has 4 N–H and O–H groups in total. The van der Waals surface area contributed by atoms with Crippen molar-refractivity contribution < 1.29 is 37.4 Å². The Labute approximate surface area is 341 Å². The second-order valence-corrected chi connectivity index (χ2v) is 14.8. The number of nitrogens with one attached hydrogen (secondary N) is 3. The zero-order chi connectivity index (χ0) is 42.0. The van der Waals surface area contributed by atoms with Gasteiger partial charge in [0, 0.05) is 56.0 Å². The third kappa shape index (κ3) is 8.40. The van der Waals surface area contributed by atoms with E-state index in [0.29, 0.717) is 54.0 Å². The van der Waals surface area contributed by atoms with Crippen LogP contribution in [0.25, 0.3) is 22.2 Å². The van der Waals surface area contributed by atoms with Crippen molar-refractivity contribution in [3.63, 3.8) is 0 Å². The van der Waals surface area contributed by atoms with E-state index in [1.165, 1.54) is 10.9 Å². The zero-order valence-corrected chi connectivity index (χ0v) is 32.3. The molecule has 1 aliphatic heterocycles. The number of ether oxygens (including phenoxy) is 1. The lowest BCUT2D eigenvalue weighted by molar-refractivity contribution is -0.209. The van der Waals surface area contributed by atoms with Gasteiger partial charge in [-0.3, -0.25) is 19.6 Å². The molecular weight excluding hydrogens is 782 g/mol. The summed E-state index contributed by atoms with van der Waals surface area (Å²) in [7, 11) is 0. The first-order chi connectivity index (χ1) is 29.0. The Bertz CT molecular complexity index is 2470. The minimum absolute atomic E-state index is 0.0119. The number of nitrogens with zero attached hydrogens (tertiary/aromatic N) is 7. The number of imidazole rings is 1. The number of anilines is 2. The zero-order valence-electron chi connectivity index (χ0n) is 32.3. The Hall–Kier alpha value is -6.69. The maximum absolute atomic E-state index is 13.4. The van der Waals surface area contributed by atoms with Gasteiger partial charge in [-0.2, -0.15) is 23.1 Å². The number of alkyl halides is 3. The van der Waals surface area contributed by atoms with Gasteiger partial charge in [0.15, 0.2) is 23.1 Å². The normalized spacial score (nSPS) is 20.4. The van der Waals surface area contributed by atoms with Gasteiger partial charge < -0.3 is 35.3 Å². The molecule has 15 nitrogen and oxygen atoms in total. The third-order valence-corrected chi connectivity index (χ3v) is 10.9. The van der Waals surface area contributed by atoms with E-state index >= 15 is 0 Å². The van der Waals surface area contributed by atoms with Crippen molar-refractivity contribution in [3.05, 3.63) is 114 Å². The van der Waals surface area contributed by atoms with Gasteiger partial charge in [-0.25, -0.2) is 9.78 Å². The van der Waals surface area contributed by atoms with Gasteiger partial charge in [-0.15, -0.1) is 0 Å². The van der Waals surface area contributed by atoms with Gasteiger partial charge in [-0.05, 0) is 42.2 Å². The monoisotopic (exact) mass is 822 g/mol. The van der Waals surface area contributed by atoms with Gasteiger partial charge >= 0.3 is 12.1 Å². The number of aliphatic hydroxyl groups excluding tert-OH is 1. The minimum atomic E-state index is -5.32. The molecule has 18 heteroatoms. The van der Waals surface area contributed by atoms with Gasteiger partial charge in [-0.1, -0.05) is 67.6 Å². The van der Waals surface area contributed by atoms with E-state index in [4.69, 9.17) is 14.7 Å². The Morgan fingerprint density at radius 1 is 0.917 bits per heavy atom. The van der Waals surface area contributed by atoms with E-state index in [0.717, 1.165) is 11.1 Å². The summed E-state index contributed by atoms with van der Waals surface area (Å²) in [6, 6.07) is 22.6. The Morgan fingerprint density at radius 2 is 1.62 bits per heavy atom. The lowest BCUT2D eigenvalue weighted by atomic mass is 9.91. The summed E-state index contributed by atoms with van der Waals surface area (Å²) >= 11 is 0. The first-order valence-corrected chi connectivity index (χ1v) is 19.6.